The lowest BCUT2D eigenvalue weighted by atomic mass is 9.63. The first-order valence-corrected chi connectivity index (χ1v) is 10.3. The van der Waals surface area contributed by atoms with Gasteiger partial charge in [-0.2, -0.15) is 0 Å². The molecule has 0 aliphatic heterocycles. The molecule has 1 aliphatic carbocycles. The van der Waals surface area contributed by atoms with Crippen molar-refractivity contribution in [1.29, 1.82) is 0 Å². The van der Waals surface area contributed by atoms with E-state index in [1.807, 2.05) is 0 Å². The Labute approximate surface area is 171 Å². The van der Waals surface area contributed by atoms with Crippen LogP contribution in [0.2, 0.25) is 0 Å². The summed E-state index contributed by atoms with van der Waals surface area (Å²) in [6.07, 6.45) is 5.56. The number of rotatable bonds is 2. The van der Waals surface area contributed by atoms with Crippen LogP contribution in [0, 0.1) is 12.3 Å². The van der Waals surface area contributed by atoms with Crippen LogP contribution in [0.1, 0.15) is 88.0 Å². The number of pyridine rings is 1. The van der Waals surface area contributed by atoms with Crippen LogP contribution in [-0.4, -0.2) is 0 Å². The van der Waals surface area contributed by atoms with Gasteiger partial charge in [-0.25, -0.2) is 4.57 Å². The normalized spacial score (nSPS) is 21.2. The van der Waals surface area contributed by atoms with Gasteiger partial charge in [0.25, 0.3) is 0 Å². The van der Waals surface area contributed by atoms with E-state index in [1.54, 1.807) is 0 Å². The number of hydrogen-bond donors (Lipinski definition) is 0. The molecular formula is C26H38N+. The van der Waals surface area contributed by atoms with Gasteiger partial charge in [-0.15, -0.1) is 0 Å². The summed E-state index contributed by atoms with van der Waals surface area (Å²) in [7, 11) is 2.09. The topological polar surface area (TPSA) is 3.88 Å². The molecule has 0 atom stereocenters. The second-order valence-corrected chi connectivity index (χ2v) is 10.4. The smallest absolute Gasteiger partial charge is 0.201 e. The van der Waals surface area contributed by atoms with Crippen LogP contribution < -0.4 is 4.57 Å². The molecule has 1 fully saturated rings. The molecular weight excluding hydrogens is 326 g/mol. The van der Waals surface area contributed by atoms with Crippen molar-refractivity contribution in [3.63, 3.8) is 0 Å². The molecule has 0 spiro atoms. The maximum atomic E-state index is 8.37. The largest absolute Gasteiger partial charge is 0.212 e. The minimum atomic E-state index is -1.99. The van der Waals surface area contributed by atoms with Crippen molar-refractivity contribution in [2.24, 2.45) is 12.5 Å². The molecule has 0 unspecified atom stereocenters. The lowest BCUT2D eigenvalue weighted by Gasteiger charge is -2.42. The Bertz CT molecular complexity index is 922. The molecule has 1 heteroatoms. The Balaban J connectivity index is 2.03. The quantitative estimate of drug-likeness (QED) is 0.524. The minimum Gasteiger partial charge on any atom is -0.201 e. The highest BCUT2D eigenvalue weighted by Gasteiger charge is 2.36. The van der Waals surface area contributed by atoms with E-state index in [2.05, 4.69) is 89.7 Å². The predicted molar refractivity (Wildman–Crippen MR) is 116 cm³/mol. The third kappa shape index (κ3) is 4.13. The Hall–Kier alpha value is -1.63. The van der Waals surface area contributed by atoms with Crippen molar-refractivity contribution in [3.05, 3.63) is 53.2 Å². The molecule has 1 aromatic heterocycles. The van der Waals surface area contributed by atoms with E-state index in [4.69, 9.17) is 4.11 Å². The number of hydrogen-bond acceptors (Lipinski definition) is 0. The Morgan fingerprint density at radius 2 is 1.67 bits per heavy atom. The predicted octanol–water partition coefficient (Wildman–Crippen LogP) is 6.64. The SMILES string of the molecule is [2H]C([2H])([2H])C1(c2ccc(-c3ccc(C(C)(C)C)c[n+]3C)c(C)c2)CCC(C)(C)CC1. The average molecular weight is 368 g/mol. The first-order chi connectivity index (χ1) is 13.7. The second-order valence-electron chi connectivity index (χ2n) is 10.4. The van der Waals surface area contributed by atoms with Crippen LogP contribution in [-0.2, 0) is 17.9 Å². The molecule has 1 nitrogen and oxygen atoms in total. The van der Waals surface area contributed by atoms with Crippen molar-refractivity contribution in [2.45, 2.75) is 84.9 Å². The molecule has 0 saturated heterocycles. The number of nitrogens with zero attached hydrogens (tertiary/aromatic N) is 1. The molecule has 1 aliphatic rings. The molecule has 27 heavy (non-hydrogen) atoms. The van der Waals surface area contributed by atoms with E-state index in [9.17, 15) is 0 Å². The molecule has 0 bridgehead atoms. The zero-order valence-corrected chi connectivity index (χ0v) is 18.2. The molecule has 3 rings (SSSR count). The third-order valence-corrected chi connectivity index (χ3v) is 6.51. The summed E-state index contributed by atoms with van der Waals surface area (Å²) < 4.78 is 27.3. The molecule has 1 heterocycles. The van der Waals surface area contributed by atoms with Crippen molar-refractivity contribution in [1.82, 2.24) is 0 Å². The zero-order valence-electron chi connectivity index (χ0n) is 21.2. The summed E-state index contributed by atoms with van der Waals surface area (Å²) >= 11 is 0. The van der Waals surface area contributed by atoms with Crippen molar-refractivity contribution >= 4 is 0 Å². The fourth-order valence-electron chi connectivity index (χ4n) is 4.22. The van der Waals surface area contributed by atoms with Gasteiger partial charge in [-0.3, -0.25) is 0 Å². The molecule has 146 valence electrons. The Morgan fingerprint density at radius 3 is 2.19 bits per heavy atom. The zero-order chi connectivity index (χ0) is 22.5. The summed E-state index contributed by atoms with van der Waals surface area (Å²) in [5.41, 5.74) is 5.34. The highest BCUT2D eigenvalue weighted by atomic mass is 14.9. The Kier molecular flexibility index (Phi) is 4.09. The van der Waals surface area contributed by atoms with Gasteiger partial charge in [0.1, 0.15) is 7.05 Å². The molecule has 1 aromatic carbocycles. The van der Waals surface area contributed by atoms with Crippen molar-refractivity contribution < 1.29 is 8.68 Å². The summed E-state index contributed by atoms with van der Waals surface area (Å²) in [6, 6.07) is 10.7. The maximum absolute atomic E-state index is 8.37. The molecule has 0 radical (unpaired) electrons. The second kappa shape index (κ2) is 6.76. The van der Waals surface area contributed by atoms with Gasteiger partial charge in [0.15, 0.2) is 6.20 Å². The number of aromatic nitrogens is 1. The molecule has 0 N–H and O–H groups in total. The Morgan fingerprint density at radius 1 is 1.00 bits per heavy atom. The van der Waals surface area contributed by atoms with Gasteiger partial charge >= 0.3 is 0 Å². The standard InChI is InChI=1S/C26H38N/c1-19-17-20(26(7)15-13-25(5,6)14-16-26)9-11-22(19)23-12-10-21(18-27(23)8)24(2,3)4/h9-12,17-18H,13-16H2,1-8H3/q+1/i7D3. The van der Waals surface area contributed by atoms with Crippen LogP contribution in [0.25, 0.3) is 11.3 Å². The van der Waals surface area contributed by atoms with Gasteiger partial charge in [-0.05, 0) is 72.1 Å². The van der Waals surface area contributed by atoms with E-state index in [-0.39, 0.29) is 10.8 Å². The number of benzene rings is 1. The van der Waals surface area contributed by atoms with Gasteiger partial charge in [0, 0.05) is 21.3 Å². The monoisotopic (exact) mass is 367 g/mol. The van der Waals surface area contributed by atoms with Crippen LogP contribution in [0.15, 0.2) is 36.5 Å². The van der Waals surface area contributed by atoms with Crippen LogP contribution in [0.3, 0.4) is 0 Å². The van der Waals surface area contributed by atoms with Crippen molar-refractivity contribution in [3.8, 4) is 11.3 Å². The fraction of sp³-hybridized carbons (Fsp3) is 0.577. The first-order valence-electron chi connectivity index (χ1n) is 11.8. The molecule has 0 amide bonds. The van der Waals surface area contributed by atoms with Crippen molar-refractivity contribution in [2.75, 3.05) is 0 Å². The minimum absolute atomic E-state index is 0.107. The fourth-order valence-corrected chi connectivity index (χ4v) is 4.22. The highest BCUT2D eigenvalue weighted by Crippen LogP contribution is 2.46. The summed E-state index contributed by atoms with van der Waals surface area (Å²) in [4.78, 5) is 0. The van der Waals surface area contributed by atoms with Gasteiger partial charge in [0.2, 0.25) is 5.69 Å². The van der Waals surface area contributed by atoms with Gasteiger partial charge in [-0.1, -0.05) is 53.6 Å². The van der Waals surface area contributed by atoms with Gasteiger partial charge in [0.05, 0.1) is 0 Å². The van der Waals surface area contributed by atoms with E-state index >= 15 is 0 Å². The van der Waals surface area contributed by atoms with E-state index in [0.29, 0.717) is 0 Å². The van der Waals surface area contributed by atoms with E-state index in [1.165, 1.54) is 11.1 Å². The lowest BCUT2D eigenvalue weighted by Crippen LogP contribution is -2.33. The van der Waals surface area contributed by atoms with Crippen LogP contribution in [0.4, 0.5) is 0 Å². The molecule has 1 saturated carbocycles. The van der Waals surface area contributed by atoms with Crippen LogP contribution in [0.5, 0.6) is 0 Å². The average Bonchev–Trinajstić information content (AvgIpc) is 2.60. The first kappa shape index (κ1) is 16.3. The van der Waals surface area contributed by atoms with E-state index < -0.39 is 12.3 Å². The van der Waals surface area contributed by atoms with Gasteiger partial charge < -0.3 is 0 Å². The van der Waals surface area contributed by atoms with E-state index in [0.717, 1.165) is 42.5 Å². The third-order valence-electron chi connectivity index (χ3n) is 6.51. The summed E-state index contributed by atoms with van der Waals surface area (Å²) in [6.45, 7) is 11.3. The van der Waals surface area contributed by atoms with Crippen LogP contribution >= 0.6 is 0 Å². The summed E-state index contributed by atoms with van der Waals surface area (Å²) in [5.74, 6) is 0. The summed E-state index contributed by atoms with van der Waals surface area (Å²) in [5, 5.41) is 0. The lowest BCUT2D eigenvalue weighted by molar-refractivity contribution is -0.661. The number of aryl methyl sites for hydroxylation is 2. The molecule has 2 aromatic rings. The highest BCUT2D eigenvalue weighted by molar-refractivity contribution is 5.62. The maximum Gasteiger partial charge on any atom is 0.212 e.